The molecule has 1 saturated heterocycles. The third-order valence-electron chi connectivity index (χ3n) is 5.65. The second kappa shape index (κ2) is 10.6. The van der Waals surface area contributed by atoms with E-state index in [1.165, 1.54) is 21.3 Å². The molecule has 1 fully saturated rings. The molecule has 3 rings (SSSR count). The zero-order chi connectivity index (χ0) is 23.3. The number of nitrogens with zero attached hydrogens (tertiary/aromatic N) is 2. The number of nitrogens with one attached hydrogen (secondary N) is 1. The van der Waals surface area contributed by atoms with Crippen molar-refractivity contribution >= 4 is 27.5 Å². The average molecular weight is 468 g/mol. The summed E-state index contributed by atoms with van der Waals surface area (Å²) in [5.74, 6) is 0.169. The fraction of sp³-hybridized carbons (Fsp3) is 0.636. The normalized spacial score (nSPS) is 17.9. The van der Waals surface area contributed by atoms with Crippen molar-refractivity contribution in [2.24, 2.45) is 5.92 Å². The van der Waals surface area contributed by atoms with Gasteiger partial charge in [-0.1, -0.05) is 6.92 Å². The summed E-state index contributed by atoms with van der Waals surface area (Å²) in [6.07, 6.45) is 2.43. The van der Waals surface area contributed by atoms with Crippen LogP contribution in [0, 0.1) is 5.92 Å². The summed E-state index contributed by atoms with van der Waals surface area (Å²) in [4.78, 5) is 26.3. The maximum Gasteiger partial charge on any atom is 0.265 e. The van der Waals surface area contributed by atoms with Crippen LogP contribution < -0.4 is 15.0 Å². The van der Waals surface area contributed by atoms with Gasteiger partial charge >= 0.3 is 0 Å². The van der Waals surface area contributed by atoms with E-state index in [0.717, 1.165) is 12.8 Å². The van der Waals surface area contributed by atoms with Crippen molar-refractivity contribution in [1.82, 2.24) is 9.62 Å². The van der Waals surface area contributed by atoms with Crippen molar-refractivity contribution in [2.45, 2.75) is 51.0 Å². The fourth-order valence-corrected chi connectivity index (χ4v) is 5.20. The lowest BCUT2D eigenvalue weighted by Gasteiger charge is -2.31. The Labute approximate surface area is 190 Å². The highest BCUT2D eigenvalue weighted by atomic mass is 32.2. The Kier molecular flexibility index (Phi) is 8.13. The summed E-state index contributed by atoms with van der Waals surface area (Å²) in [6, 6.07) is 4.48. The molecule has 0 bridgehead atoms. The summed E-state index contributed by atoms with van der Waals surface area (Å²) in [5, 5.41) is 2.78. The molecular formula is C22H33N3O6S. The molecule has 2 heterocycles. The fourth-order valence-electron chi connectivity index (χ4n) is 3.71. The highest BCUT2D eigenvalue weighted by Crippen LogP contribution is 2.35. The molecule has 0 aromatic heterocycles. The maximum absolute atomic E-state index is 13.1. The Bertz CT molecular complexity index is 926. The highest BCUT2D eigenvalue weighted by molar-refractivity contribution is 7.89. The van der Waals surface area contributed by atoms with Crippen molar-refractivity contribution in [3.63, 3.8) is 0 Å². The number of carbonyl (C=O) groups is 2. The van der Waals surface area contributed by atoms with E-state index in [1.54, 1.807) is 6.07 Å². The number of fused-ring (bicyclic) bond motifs is 1. The van der Waals surface area contributed by atoms with Crippen LogP contribution in [-0.2, 0) is 24.3 Å². The number of ether oxygens (including phenoxy) is 2. The first kappa shape index (κ1) is 24.5. The van der Waals surface area contributed by atoms with Gasteiger partial charge < -0.3 is 14.8 Å². The van der Waals surface area contributed by atoms with Gasteiger partial charge in [0.1, 0.15) is 12.3 Å². The smallest absolute Gasteiger partial charge is 0.265 e. The van der Waals surface area contributed by atoms with Gasteiger partial charge in [0.25, 0.3) is 5.91 Å². The second-order valence-corrected chi connectivity index (χ2v) is 10.5. The number of amides is 2. The van der Waals surface area contributed by atoms with Gasteiger partial charge in [-0.05, 0) is 57.2 Å². The lowest BCUT2D eigenvalue weighted by Crippen LogP contribution is -2.45. The van der Waals surface area contributed by atoms with Gasteiger partial charge in [0.15, 0.2) is 6.61 Å². The predicted molar refractivity (Wildman–Crippen MR) is 120 cm³/mol. The van der Waals surface area contributed by atoms with E-state index in [1.807, 2.05) is 13.8 Å². The first-order valence-electron chi connectivity index (χ1n) is 11.1. The predicted octanol–water partition coefficient (Wildman–Crippen LogP) is 1.76. The first-order chi connectivity index (χ1) is 15.2. The summed E-state index contributed by atoms with van der Waals surface area (Å²) in [5.41, 5.74) is 0.297. The second-order valence-electron chi connectivity index (χ2n) is 8.61. The molecule has 2 amide bonds. The summed E-state index contributed by atoms with van der Waals surface area (Å²) >= 11 is 0. The average Bonchev–Trinajstić information content (AvgIpc) is 2.75. The van der Waals surface area contributed by atoms with Crippen LogP contribution in [0.5, 0.6) is 5.75 Å². The molecule has 32 heavy (non-hydrogen) atoms. The summed E-state index contributed by atoms with van der Waals surface area (Å²) in [7, 11) is -3.69. The molecule has 1 N–H and O–H groups in total. The molecule has 1 aromatic carbocycles. The lowest BCUT2D eigenvalue weighted by molar-refractivity contribution is -0.125. The van der Waals surface area contributed by atoms with Crippen molar-refractivity contribution < 1.29 is 27.5 Å². The Hall–Kier alpha value is -2.17. The van der Waals surface area contributed by atoms with E-state index >= 15 is 0 Å². The molecule has 0 unspecified atom stereocenters. The van der Waals surface area contributed by atoms with E-state index in [9.17, 15) is 18.0 Å². The number of piperidine rings is 1. The number of hydrogen-bond donors (Lipinski definition) is 1. The SMILES string of the molecule is CC1CCN(S(=O)(=O)c2ccc3c(c2)N(CC(=O)NCCCOC(C)C)C(=O)CO3)CC1. The van der Waals surface area contributed by atoms with Crippen LogP contribution in [0.25, 0.3) is 0 Å². The number of benzene rings is 1. The van der Waals surface area contributed by atoms with Crippen LogP contribution in [0.4, 0.5) is 5.69 Å². The van der Waals surface area contributed by atoms with Gasteiger partial charge in [0, 0.05) is 26.2 Å². The molecule has 1 aromatic rings. The molecule has 0 saturated carbocycles. The zero-order valence-electron chi connectivity index (χ0n) is 19.0. The van der Waals surface area contributed by atoms with Gasteiger partial charge in [-0.15, -0.1) is 0 Å². The topological polar surface area (TPSA) is 105 Å². The van der Waals surface area contributed by atoms with Crippen molar-refractivity contribution in [3.8, 4) is 5.75 Å². The van der Waals surface area contributed by atoms with Crippen LogP contribution in [0.3, 0.4) is 0 Å². The van der Waals surface area contributed by atoms with Gasteiger partial charge in [-0.2, -0.15) is 4.31 Å². The Morgan fingerprint density at radius 2 is 2.00 bits per heavy atom. The standard InChI is InChI=1S/C22H33N3O6S/c1-16(2)30-12-4-9-23-21(26)14-25-19-13-18(5-6-20(19)31-15-22(25)27)32(28,29)24-10-7-17(3)8-11-24/h5-6,13,16-17H,4,7-12,14-15H2,1-3H3,(H,23,26). The highest BCUT2D eigenvalue weighted by Gasteiger charge is 2.32. The van der Waals surface area contributed by atoms with E-state index < -0.39 is 15.9 Å². The van der Waals surface area contributed by atoms with E-state index in [-0.39, 0.29) is 30.1 Å². The lowest BCUT2D eigenvalue weighted by atomic mass is 10.0. The summed E-state index contributed by atoms with van der Waals surface area (Å²) < 4.78 is 38.7. The number of rotatable bonds is 9. The first-order valence-corrected chi connectivity index (χ1v) is 12.6. The summed E-state index contributed by atoms with van der Waals surface area (Å²) in [6.45, 7) is 7.52. The van der Waals surface area contributed by atoms with Crippen LogP contribution in [-0.4, -0.2) is 70.0 Å². The third kappa shape index (κ3) is 5.99. The van der Waals surface area contributed by atoms with Crippen LogP contribution in [0.15, 0.2) is 23.1 Å². The molecule has 2 aliphatic heterocycles. The quantitative estimate of drug-likeness (QED) is 0.555. The van der Waals surface area contributed by atoms with Gasteiger partial charge in [-0.25, -0.2) is 8.42 Å². The molecule has 0 atom stereocenters. The molecule has 9 nitrogen and oxygen atoms in total. The molecule has 0 radical (unpaired) electrons. The van der Waals surface area contributed by atoms with Crippen molar-refractivity contribution in [2.75, 3.05) is 44.3 Å². The molecule has 10 heteroatoms. The van der Waals surface area contributed by atoms with Gasteiger partial charge in [0.2, 0.25) is 15.9 Å². The molecule has 2 aliphatic rings. The van der Waals surface area contributed by atoms with Crippen LogP contribution >= 0.6 is 0 Å². The number of anilines is 1. The van der Waals surface area contributed by atoms with E-state index in [2.05, 4.69) is 12.2 Å². The van der Waals surface area contributed by atoms with Crippen molar-refractivity contribution in [3.05, 3.63) is 18.2 Å². The van der Waals surface area contributed by atoms with Crippen LogP contribution in [0.2, 0.25) is 0 Å². The number of carbonyl (C=O) groups excluding carboxylic acids is 2. The Morgan fingerprint density at radius 1 is 1.28 bits per heavy atom. The maximum atomic E-state index is 13.1. The molecule has 178 valence electrons. The zero-order valence-corrected chi connectivity index (χ0v) is 19.8. The monoisotopic (exact) mass is 467 g/mol. The van der Waals surface area contributed by atoms with Crippen molar-refractivity contribution in [1.29, 1.82) is 0 Å². The van der Waals surface area contributed by atoms with E-state index in [0.29, 0.717) is 50.0 Å². The number of sulfonamides is 1. The minimum absolute atomic E-state index is 0.0975. The van der Waals surface area contributed by atoms with Gasteiger partial charge in [0.05, 0.1) is 16.7 Å². The Morgan fingerprint density at radius 3 is 2.69 bits per heavy atom. The minimum atomic E-state index is -3.69. The molecule has 0 spiro atoms. The largest absolute Gasteiger partial charge is 0.482 e. The Balaban J connectivity index is 1.70. The van der Waals surface area contributed by atoms with Gasteiger partial charge in [-0.3, -0.25) is 14.5 Å². The minimum Gasteiger partial charge on any atom is -0.482 e. The molecule has 0 aliphatic carbocycles. The number of hydrogen-bond acceptors (Lipinski definition) is 6. The molecular weight excluding hydrogens is 434 g/mol. The van der Waals surface area contributed by atoms with E-state index in [4.69, 9.17) is 9.47 Å². The third-order valence-corrected chi connectivity index (χ3v) is 7.54. The van der Waals surface area contributed by atoms with Crippen LogP contribution in [0.1, 0.15) is 40.0 Å².